The molecule has 2 aliphatic heterocycles. The van der Waals surface area contributed by atoms with Crippen LogP contribution in [0.4, 0.5) is 0 Å². The molecule has 0 aliphatic carbocycles. The van der Waals surface area contributed by atoms with Crippen LogP contribution in [0.3, 0.4) is 0 Å². The maximum atomic E-state index is 6.07. The van der Waals surface area contributed by atoms with Crippen LogP contribution in [0, 0.1) is 0 Å². The van der Waals surface area contributed by atoms with E-state index in [1.54, 1.807) is 0 Å². The van der Waals surface area contributed by atoms with Gasteiger partial charge < -0.3 is 9.47 Å². The first kappa shape index (κ1) is 17.2. The molecule has 2 rings (SSSR count). The Labute approximate surface area is 130 Å². The van der Waals surface area contributed by atoms with Crippen LogP contribution >= 0.6 is 0 Å². The van der Waals surface area contributed by atoms with Gasteiger partial charge in [0.25, 0.3) is 0 Å². The molecule has 0 amide bonds. The summed E-state index contributed by atoms with van der Waals surface area (Å²) in [6.45, 7) is 18.5. The molecular formula is C17H34N2O2. The minimum absolute atomic E-state index is 0.207. The zero-order valence-electron chi connectivity index (χ0n) is 14.8. The number of morpholine rings is 2. The van der Waals surface area contributed by atoms with Crippen LogP contribution in [0.2, 0.25) is 0 Å². The Kier molecular flexibility index (Phi) is 5.69. The second kappa shape index (κ2) is 6.95. The minimum atomic E-state index is 0.207. The third-order valence-electron chi connectivity index (χ3n) is 4.79. The van der Waals surface area contributed by atoms with E-state index < -0.39 is 0 Å². The zero-order valence-corrected chi connectivity index (χ0v) is 14.8. The van der Waals surface area contributed by atoms with Crippen molar-refractivity contribution in [3.8, 4) is 0 Å². The summed E-state index contributed by atoms with van der Waals surface area (Å²) in [4.78, 5) is 5.09. The highest BCUT2D eigenvalue weighted by atomic mass is 16.5. The maximum absolute atomic E-state index is 6.07. The summed E-state index contributed by atoms with van der Waals surface area (Å²) in [5.74, 6) is 0. The predicted octanol–water partition coefficient (Wildman–Crippen LogP) is 2.37. The lowest BCUT2D eigenvalue weighted by molar-refractivity contribution is -0.119. The van der Waals surface area contributed by atoms with Crippen molar-refractivity contribution in [3.05, 3.63) is 0 Å². The molecule has 2 fully saturated rings. The molecule has 0 N–H and O–H groups in total. The second-order valence-electron chi connectivity index (χ2n) is 7.94. The first-order valence-electron chi connectivity index (χ1n) is 8.51. The molecule has 0 aromatic carbocycles. The molecular weight excluding hydrogens is 264 g/mol. The van der Waals surface area contributed by atoms with Gasteiger partial charge in [-0.05, 0) is 41.5 Å². The summed E-state index contributed by atoms with van der Waals surface area (Å²) >= 11 is 0. The van der Waals surface area contributed by atoms with E-state index in [1.165, 1.54) is 0 Å². The number of hydrogen-bond acceptors (Lipinski definition) is 4. The van der Waals surface area contributed by atoms with Crippen molar-refractivity contribution in [2.45, 2.75) is 77.8 Å². The van der Waals surface area contributed by atoms with Gasteiger partial charge in [-0.2, -0.15) is 0 Å². The molecule has 0 radical (unpaired) electrons. The Hall–Kier alpha value is -0.160. The highest BCUT2D eigenvalue weighted by molar-refractivity contribution is 4.88. The topological polar surface area (TPSA) is 24.9 Å². The third-order valence-corrected chi connectivity index (χ3v) is 4.79. The Balaban J connectivity index is 1.88. The van der Waals surface area contributed by atoms with Crippen molar-refractivity contribution in [3.63, 3.8) is 0 Å². The fraction of sp³-hybridized carbons (Fsp3) is 1.00. The zero-order chi connectivity index (χ0) is 15.6. The van der Waals surface area contributed by atoms with Crippen molar-refractivity contribution >= 4 is 0 Å². The van der Waals surface area contributed by atoms with Crippen molar-refractivity contribution < 1.29 is 9.47 Å². The van der Waals surface area contributed by atoms with E-state index in [2.05, 4.69) is 51.3 Å². The van der Waals surface area contributed by atoms with Crippen LogP contribution in [0.5, 0.6) is 0 Å². The molecule has 2 saturated heterocycles. The number of ether oxygens (including phenoxy) is 2. The lowest BCUT2D eigenvalue weighted by Crippen LogP contribution is -2.57. The molecule has 21 heavy (non-hydrogen) atoms. The predicted molar refractivity (Wildman–Crippen MR) is 86.7 cm³/mol. The molecule has 3 atom stereocenters. The van der Waals surface area contributed by atoms with E-state index in [-0.39, 0.29) is 5.54 Å². The lowest BCUT2D eigenvalue weighted by Gasteiger charge is -2.47. The normalized spacial score (nSPS) is 33.6. The van der Waals surface area contributed by atoms with E-state index >= 15 is 0 Å². The fourth-order valence-corrected chi connectivity index (χ4v) is 3.54. The Morgan fingerprint density at radius 1 is 1.10 bits per heavy atom. The Morgan fingerprint density at radius 3 is 2.38 bits per heavy atom. The van der Waals surface area contributed by atoms with Crippen molar-refractivity contribution in [2.75, 3.05) is 32.8 Å². The summed E-state index contributed by atoms with van der Waals surface area (Å²) in [5.41, 5.74) is 0.207. The molecule has 0 spiro atoms. The third kappa shape index (κ3) is 4.65. The first-order chi connectivity index (χ1) is 9.77. The molecule has 0 bridgehead atoms. The maximum Gasteiger partial charge on any atom is 0.0728 e. The monoisotopic (exact) mass is 298 g/mol. The second-order valence-corrected chi connectivity index (χ2v) is 7.94. The van der Waals surface area contributed by atoms with Gasteiger partial charge in [0, 0.05) is 43.7 Å². The van der Waals surface area contributed by atoms with E-state index in [9.17, 15) is 0 Å². The number of rotatable bonds is 3. The average molecular weight is 298 g/mol. The smallest absolute Gasteiger partial charge is 0.0728 e. The van der Waals surface area contributed by atoms with Gasteiger partial charge in [-0.15, -0.1) is 0 Å². The summed E-state index contributed by atoms with van der Waals surface area (Å²) in [7, 11) is 0. The SMILES string of the molecule is CC(C)N1CCOC(CC2CN(C(C)(C)C)C(C)CO2)C1. The van der Waals surface area contributed by atoms with Crippen LogP contribution in [0.25, 0.3) is 0 Å². The van der Waals surface area contributed by atoms with Crippen LogP contribution in [0.1, 0.15) is 48.0 Å². The minimum Gasteiger partial charge on any atom is -0.375 e. The van der Waals surface area contributed by atoms with Crippen LogP contribution in [-0.2, 0) is 9.47 Å². The van der Waals surface area contributed by atoms with Gasteiger partial charge in [-0.3, -0.25) is 9.80 Å². The number of nitrogens with zero attached hydrogens (tertiary/aromatic N) is 2. The van der Waals surface area contributed by atoms with Crippen LogP contribution < -0.4 is 0 Å². The average Bonchev–Trinajstić information content (AvgIpc) is 2.40. The van der Waals surface area contributed by atoms with Gasteiger partial charge in [0.05, 0.1) is 25.4 Å². The van der Waals surface area contributed by atoms with Gasteiger partial charge in [0.1, 0.15) is 0 Å². The molecule has 0 aromatic rings. The Bertz CT molecular complexity index is 327. The van der Waals surface area contributed by atoms with Crippen LogP contribution in [-0.4, -0.2) is 72.5 Å². The van der Waals surface area contributed by atoms with Crippen LogP contribution in [0.15, 0.2) is 0 Å². The molecule has 0 aromatic heterocycles. The van der Waals surface area contributed by atoms with E-state index in [4.69, 9.17) is 9.47 Å². The van der Waals surface area contributed by atoms with Gasteiger partial charge >= 0.3 is 0 Å². The molecule has 124 valence electrons. The van der Waals surface area contributed by atoms with E-state index in [0.717, 1.165) is 39.3 Å². The van der Waals surface area contributed by atoms with Crippen molar-refractivity contribution in [2.24, 2.45) is 0 Å². The standard InChI is InChI=1S/C17H34N2O2/c1-13(2)18-7-8-20-15(10-18)9-16-11-19(17(4,5)6)14(3)12-21-16/h13-16H,7-12H2,1-6H3. The Morgan fingerprint density at radius 2 is 1.76 bits per heavy atom. The molecule has 0 saturated carbocycles. The van der Waals surface area contributed by atoms with Crippen molar-refractivity contribution in [1.82, 2.24) is 9.80 Å². The molecule has 3 unspecified atom stereocenters. The fourth-order valence-electron chi connectivity index (χ4n) is 3.54. The first-order valence-corrected chi connectivity index (χ1v) is 8.51. The summed E-state index contributed by atoms with van der Waals surface area (Å²) in [5, 5.41) is 0. The van der Waals surface area contributed by atoms with Gasteiger partial charge in [0.2, 0.25) is 0 Å². The quantitative estimate of drug-likeness (QED) is 0.798. The highest BCUT2D eigenvalue weighted by Gasteiger charge is 2.35. The summed E-state index contributed by atoms with van der Waals surface area (Å²) < 4.78 is 12.0. The largest absolute Gasteiger partial charge is 0.375 e. The summed E-state index contributed by atoms with van der Waals surface area (Å²) in [6.07, 6.45) is 1.64. The van der Waals surface area contributed by atoms with Gasteiger partial charge in [0.15, 0.2) is 0 Å². The molecule has 4 heteroatoms. The highest BCUT2D eigenvalue weighted by Crippen LogP contribution is 2.25. The van der Waals surface area contributed by atoms with Gasteiger partial charge in [-0.25, -0.2) is 0 Å². The lowest BCUT2D eigenvalue weighted by atomic mass is 9.99. The molecule has 4 nitrogen and oxygen atoms in total. The summed E-state index contributed by atoms with van der Waals surface area (Å²) in [6, 6.07) is 1.11. The number of hydrogen-bond donors (Lipinski definition) is 0. The van der Waals surface area contributed by atoms with Crippen molar-refractivity contribution in [1.29, 1.82) is 0 Å². The molecule has 2 heterocycles. The van der Waals surface area contributed by atoms with E-state index in [0.29, 0.717) is 24.3 Å². The van der Waals surface area contributed by atoms with Gasteiger partial charge in [-0.1, -0.05) is 0 Å². The molecule has 2 aliphatic rings. The van der Waals surface area contributed by atoms with E-state index in [1.807, 2.05) is 0 Å².